The Balaban J connectivity index is 0.00000152. The molecule has 0 N–H and O–H groups in total. The van der Waals surface area contributed by atoms with E-state index in [2.05, 4.69) is 166 Å². The van der Waals surface area contributed by atoms with Gasteiger partial charge in [0.05, 0.1) is 32.5 Å². The second-order valence-electron chi connectivity index (χ2n) is 17.2. The van der Waals surface area contributed by atoms with Gasteiger partial charge in [-0.3, -0.25) is 0 Å². The predicted octanol–water partition coefficient (Wildman–Crippen LogP) is 14.9. The molecule has 4 aromatic rings. The average molecular weight is 861 g/mol. The zero-order valence-corrected chi connectivity index (χ0v) is 40.0. The van der Waals surface area contributed by atoms with Crippen molar-refractivity contribution in [2.24, 2.45) is 5.92 Å². The van der Waals surface area contributed by atoms with Gasteiger partial charge in [0.1, 0.15) is 0 Å². The summed E-state index contributed by atoms with van der Waals surface area (Å²) in [7, 11) is 7.79. The fourth-order valence-electron chi connectivity index (χ4n) is 8.05. The van der Waals surface area contributed by atoms with Crippen molar-refractivity contribution in [3.8, 4) is 22.3 Å². The molecule has 0 saturated heterocycles. The first kappa shape index (κ1) is 46.3. The number of allylic oxidation sites excluding steroid dienone is 2. The van der Waals surface area contributed by atoms with Crippen LogP contribution >= 0.6 is 17.0 Å². The maximum atomic E-state index is 6.05. The van der Waals surface area contributed by atoms with Crippen molar-refractivity contribution >= 4 is 36.4 Å². The molecule has 0 radical (unpaired) electrons. The quantitative estimate of drug-likeness (QED) is 0.123. The minimum absolute atomic E-state index is 0. The van der Waals surface area contributed by atoms with E-state index in [-0.39, 0.29) is 26.1 Å². The van der Waals surface area contributed by atoms with Gasteiger partial charge in [0.2, 0.25) is 0 Å². The van der Waals surface area contributed by atoms with E-state index in [1.807, 2.05) is 0 Å². The fraction of sp³-hybridized carbons (Fsp3) is 0.375. The summed E-state index contributed by atoms with van der Waals surface area (Å²) >= 11 is -0.826. The summed E-state index contributed by atoms with van der Waals surface area (Å²) in [6.45, 7) is 26.4. The summed E-state index contributed by atoms with van der Waals surface area (Å²) in [5, 5.41) is 1.65. The Morgan fingerprint density at radius 3 is 1.63 bits per heavy atom. The van der Waals surface area contributed by atoms with Crippen molar-refractivity contribution in [1.29, 1.82) is 0 Å². The zero-order valence-electron chi connectivity index (χ0n) is 35.0. The van der Waals surface area contributed by atoms with E-state index < -0.39 is 28.9 Å². The third-order valence-electron chi connectivity index (χ3n) is 10.3. The van der Waals surface area contributed by atoms with Crippen LogP contribution in [0.5, 0.6) is 0 Å². The SMILES string of the molecule is CC1=C([Si](C)(C)C2C(C(C)C)=Cc3c(-c4ccc(COC(C)(C)C)cc4)cccc32)c2cccc(-c3ccc(COC(C)(C)C)cc3)c2C1.[CH3-].[CH3-].[Cl][Zr+2][Cl]. The Hall–Kier alpha value is -2.04. The van der Waals surface area contributed by atoms with Gasteiger partial charge in [0.25, 0.3) is 0 Å². The van der Waals surface area contributed by atoms with E-state index in [0.29, 0.717) is 24.7 Å². The Morgan fingerprint density at radius 2 is 1.15 bits per heavy atom. The standard InChI is InChI=1S/C46H56O2Si.2CH3.2ClH.Zr/c1-30(2)40-27-42-37(35-24-20-33(21-25-35)29-48-46(7,8)9)15-13-17-39(42)44(40)49(10,11)43-31(3)26-41-36(14-12-16-38(41)43)34-22-18-32(19-23-34)28-47-45(4,5)6;;;;;/h12-25,27,30,44H,26,28-29H2,1-11H3;2*1H3;2*1H;/q;2*-1;;;+4/p-2. The summed E-state index contributed by atoms with van der Waals surface area (Å²) in [6, 6.07) is 32.1. The van der Waals surface area contributed by atoms with Gasteiger partial charge in [-0.1, -0.05) is 134 Å². The third kappa shape index (κ3) is 10.7. The molecular weight excluding hydrogens is 799 g/mol. The molecule has 0 heterocycles. The van der Waals surface area contributed by atoms with E-state index in [1.54, 1.807) is 16.3 Å². The van der Waals surface area contributed by atoms with Crippen LogP contribution in [-0.4, -0.2) is 19.3 Å². The molecule has 1 atom stereocenters. The Labute approximate surface area is 348 Å². The van der Waals surface area contributed by atoms with Gasteiger partial charge in [-0.05, 0) is 116 Å². The molecule has 54 heavy (non-hydrogen) atoms. The van der Waals surface area contributed by atoms with Crippen LogP contribution < -0.4 is 0 Å². The number of hydrogen-bond acceptors (Lipinski definition) is 2. The summed E-state index contributed by atoms with van der Waals surface area (Å²) in [6.07, 6.45) is 3.58. The second-order valence-corrected chi connectivity index (χ2v) is 25.4. The summed E-state index contributed by atoms with van der Waals surface area (Å²) in [5.41, 5.74) is 16.9. The average Bonchev–Trinajstić information content (AvgIpc) is 3.65. The number of halogens is 2. The molecule has 1 unspecified atom stereocenters. The molecule has 0 aliphatic heterocycles. The molecule has 0 amide bonds. The van der Waals surface area contributed by atoms with Gasteiger partial charge in [-0.25, -0.2) is 0 Å². The fourth-order valence-corrected chi connectivity index (χ4v) is 12.7. The Morgan fingerprint density at radius 1 is 0.704 bits per heavy atom. The van der Waals surface area contributed by atoms with Gasteiger partial charge in [-0.2, -0.15) is 0 Å². The van der Waals surface area contributed by atoms with Gasteiger partial charge in [0, 0.05) is 5.54 Å². The molecule has 0 spiro atoms. The van der Waals surface area contributed by atoms with Crippen LogP contribution in [0.3, 0.4) is 0 Å². The maximum absolute atomic E-state index is 6.05. The molecule has 0 saturated carbocycles. The van der Waals surface area contributed by atoms with Gasteiger partial charge in [-0.15, -0.1) is 0 Å². The first-order valence-corrected chi connectivity index (χ1v) is 28.0. The van der Waals surface area contributed by atoms with Gasteiger partial charge in [0.15, 0.2) is 0 Å². The van der Waals surface area contributed by atoms with Crippen LogP contribution in [0.25, 0.3) is 33.5 Å². The van der Waals surface area contributed by atoms with E-state index in [0.717, 1.165) is 6.42 Å². The predicted molar refractivity (Wildman–Crippen MR) is 237 cm³/mol. The molecule has 2 aliphatic rings. The molecule has 6 heteroatoms. The second kappa shape index (κ2) is 18.9. The van der Waals surface area contributed by atoms with Gasteiger partial charge < -0.3 is 24.3 Å². The van der Waals surface area contributed by atoms with E-state index in [1.165, 1.54) is 55.6 Å². The Kier molecular flexibility index (Phi) is 16.3. The molecule has 4 aromatic carbocycles. The third-order valence-corrected chi connectivity index (χ3v) is 14.4. The Bertz CT molecular complexity index is 1930. The van der Waals surface area contributed by atoms with Crippen LogP contribution in [0, 0.1) is 20.8 Å². The topological polar surface area (TPSA) is 18.5 Å². The molecule has 288 valence electrons. The molecule has 0 aromatic heterocycles. The number of fused-ring (bicyclic) bond motifs is 2. The van der Waals surface area contributed by atoms with Crippen LogP contribution in [0.4, 0.5) is 0 Å². The van der Waals surface area contributed by atoms with Crippen molar-refractivity contribution in [1.82, 2.24) is 0 Å². The summed E-state index contributed by atoms with van der Waals surface area (Å²) in [4.78, 5) is 0. The molecular formula is C48H62Cl2O2SiZr. The van der Waals surface area contributed by atoms with Crippen molar-refractivity contribution in [3.05, 3.63) is 144 Å². The van der Waals surface area contributed by atoms with Crippen LogP contribution in [-0.2, 0) is 50.0 Å². The first-order chi connectivity index (χ1) is 24.4. The monoisotopic (exact) mass is 858 g/mol. The molecule has 2 aliphatic carbocycles. The van der Waals surface area contributed by atoms with Crippen LogP contribution in [0.15, 0.2) is 96.1 Å². The molecule has 0 fully saturated rings. The minimum atomic E-state index is -2.07. The number of ether oxygens (including phenoxy) is 2. The van der Waals surface area contributed by atoms with Crippen molar-refractivity contribution in [2.75, 3.05) is 0 Å². The van der Waals surface area contributed by atoms with Gasteiger partial charge >= 0.3 is 37.9 Å². The summed E-state index contributed by atoms with van der Waals surface area (Å²) < 4.78 is 12.1. The normalized spacial score (nSPS) is 15.0. The molecule has 2 nitrogen and oxygen atoms in total. The van der Waals surface area contributed by atoms with E-state index in [9.17, 15) is 0 Å². The zero-order chi connectivity index (χ0) is 38.0. The number of hydrogen-bond donors (Lipinski definition) is 0. The van der Waals surface area contributed by atoms with Crippen LogP contribution in [0.1, 0.15) is 101 Å². The van der Waals surface area contributed by atoms with Crippen molar-refractivity contribution in [3.63, 3.8) is 0 Å². The van der Waals surface area contributed by atoms with E-state index >= 15 is 0 Å². The molecule has 0 bridgehead atoms. The summed E-state index contributed by atoms with van der Waals surface area (Å²) in [5.74, 6) is 0.475. The van der Waals surface area contributed by atoms with Crippen molar-refractivity contribution in [2.45, 2.75) is 112 Å². The number of benzene rings is 4. The number of rotatable bonds is 9. The first-order valence-electron chi connectivity index (χ1n) is 18.5. The van der Waals surface area contributed by atoms with Crippen LogP contribution in [0.2, 0.25) is 13.1 Å². The van der Waals surface area contributed by atoms with E-state index in [4.69, 9.17) is 26.5 Å². The van der Waals surface area contributed by atoms with Crippen molar-refractivity contribution < 1.29 is 30.3 Å². The molecule has 6 rings (SSSR count).